The number of carbonyl (C=O) groups excluding carboxylic acids is 1. The van der Waals surface area contributed by atoms with Crippen molar-refractivity contribution in [1.82, 2.24) is 10.2 Å². The molecule has 1 aliphatic rings. The molecule has 1 fully saturated rings. The number of ether oxygens (including phenoxy) is 1. The second-order valence-corrected chi connectivity index (χ2v) is 6.82. The molecule has 3 unspecified atom stereocenters. The molecular formula is C17H26Cl2FN3O2. The van der Waals surface area contributed by atoms with Gasteiger partial charge in [0.25, 0.3) is 0 Å². The van der Waals surface area contributed by atoms with Gasteiger partial charge in [0.2, 0.25) is 5.91 Å². The van der Waals surface area contributed by atoms with Crippen LogP contribution in [0, 0.1) is 5.82 Å². The fraction of sp³-hybridized carbons (Fsp3) is 0.588. The summed E-state index contributed by atoms with van der Waals surface area (Å²) in [5, 5.41) is 3.08. The molecule has 1 aromatic rings. The van der Waals surface area contributed by atoms with Crippen molar-refractivity contribution in [1.29, 1.82) is 0 Å². The molecule has 3 atom stereocenters. The van der Waals surface area contributed by atoms with E-state index < -0.39 is 11.9 Å². The van der Waals surface area contributed by atoms with Crippen molar-refractivity contribution in [2.75, 3.05) is 20.3 Å². The van der Waals surface area contributed by atoms with Gasteiger partial charge in [0.05, 0.1) is 17.7 Å². The van der Waals surface area contributed by atoms with E-state index in [9.17, 15) is 9.18 Å². The minimum absolute atomic E-state index is 0. The van der Waals surface area contributed by atoms with Crippen molar-refractivity contribution in [3.8, 4) is 0 Å². The molecule has 2 rings (SSSR count). The fourth-order valence-corrected chi connectivity index (χ4v) is 3.33. The Labute approximate surface area is 159 Å². The van der Waals surface area contributed by atoms with Crippen molar-refractivity contribution in [3.63, 3.8) is 0 Å². The number of hydrogen-bond donors (Lipinski definition) is 2. The summed E-state index contributed by atoms with van der Waals surface area (Å²) < 4.78 is 18.8. The molecule has 5 nitrogen and oxygen atoms in total. The molecule has 0 bridgehead atoms. The van der Waals surface area contributed by atoms with Crippen LogP contribution in [-0.2, 0) is 9.53 Å². The molecule has 1 aliphatic heterocycles. The largest absolute Gasteiger partial charge is 0.383 e. The minimum Gasteiger partial charge on any atom is -0.383 e. The SMILES string of the molecule is COCC(N)C(=O)NC1CCN(C(C)C)C1c1ccc(Cl)c(F)c1.Cl. The van der Waals surface area contributed by atoms with E-state index in [4.69, 9.17) is 22.1 Å². The lowest BCUT2D eigenvalue weighted by Gasteiger charge is -2.32. The summed E-state index contributed by atoms with van der Waals surface area (Å²) in [6, 6.07) is 4.11. The van der Waals surface area contributed by atoms with E-state index in [1.54, 1.807) is 6.07 Å². The molecule has 1 heterocycles. The van der Waals surface area contributed by atoms with Crippen molar-refractivity contribution in [2.24, 2.45) is 5.73 Å². The Morgan fingerprint density at radius 1 is 1.52 bits per heavy atom. The summed E-state index contributed by atoms with van der Waals surface area (Å²) in [6.45, 7) is 5.14. The van der Waals surface area contributed by atoms with Crippen molar-refractivity contribution >= 4 is 29.9 Å². The van der Waals surface area contributed by atoms with Crippen LogP contribution in [0.4, 0.5) is 4.39 Å². The Bertz CT molecular complexity index is 589. The molecule has 0 radical (unpaired) electrons. The van der Waals surface area contributed by atoms with E-state index in [-0.39, 0.29) is 48.1 Å². The average molecular weight is 394 g/mol. The van der Waals surface area contributed by atoms with Gasteiger partial charge in [-0.25, -0.2) is 4.39 Å². The summed E-state index contributed by atoms with van der Waals surface area (Å²) in [7, 11) is 1.50. The summed E-state index contributed by atoms with van der Waals surface area (Å²) in [6.07, 6.45) is 0.776. The number of carbonyl (C=O) groups is 1. The van der Waals surface area contributed by atoms with E-state index in [1.165, 1.54) is 13.2 Å². The van der Waals surface area contributed by atoms with Gasteiger partial charge in [-0.1, -0.05) is 17.7 Å². The zero-order valence-electron chi connectivity index (χ0n) is 14.7. The Morgan fingerprint density at radius 2 is 2.20 bits per heavy atom. The van der Waals surface area contributed by atoms with Gasteiger partial charge in [0.15, 0.2) is 0 Å². The van der Waals surface area contributed by atoms with Gasteiger partial charge in [-0.3, -0.25) is 9.69 Å². The molecule has 1 aromatic carbocycles. The third-order valence-corrected chi connectivity index (χ3v) is 4.70. The molecule has 25 heavy (non-hydrogen) atoms. The van der Waals surface area contributed by atoms with Gasteiger partial charge in [-0.2, -0.15) is 0 Å². The lowest BCUT2D eigenvalue weighted by atomic mass is 9.98. The zero-order valence-corrected chi connectivity index (χ0v) is 16.2. The molecule has 3 N–H and O–H groups in total. The number of hydrogen-bond acceptors (Lipinski definition) is 4. The van der Waals surface area contributed by atoms with Gasteiger partial charge in [-0.05, 0) is 38.0 Å². The number of nitrogens with two attached hydrogens (primary N) is 1. The van der Waals surface area contributed by atoms with E-state index in [0.717, 1.165) is 18.5 Å². The predicted octanol–water partition coefficient (Wildman–Crippen LogP) is 2.51. The first-order chi connectivity index (χ1) is 11.3. The topological polar surface area (TPSA) is 67.6 Å². The normalized spacial score (nSPS) is 21.9. The maximum atomic E-state index is 13.9. The van der Waals surface area contributed by atoms with Crippen LogP contribution < -0.4 is 11.1 Å². The van der Waals surface area contributed by atoms with Crippen molar-refractivity contribution in [3.05, 3.63) is 34.6 Å². The second-order valence-electron chi connectivity index (χ2n) is 6.42. The lowest BCUT2D eigenvalue weighted by Crippen LogP contribution is -2.49. The van der Waals surface area contributed by atoms with Gasteiger partial charge in [0, 0.05) is 25.7 Å². The molecule has 8 heteroatoms. The standard InChI is InChI=1S/C17H25ClFN3O2.ClH/c1-10(2)22-7-6-15(21-17(23)14(20)9-24-3)16(22)11-4-5-12(18)13(19)8-11;/h4-5,8,10,14-16H,6-7,9,20H2,1-3H3,(H,21,23);1H. The van der Waals surface area contributed by atoms with Crippen LogP contribution in [-0.4, -0.2) is 49.2 Å². The number of rotatable bonds is 6. The second kappa shape index (κ2) is 9.69. The third-order valence-electron chi connectivity index (χ3n) is 4.40. The number of halogens is 3. The number of nitrogens with one attached hydrogen (secondary N) is 1. The van der Waals surface area contributed by atoms with E-state index in [0.29, 0.717) is 0 Å². The van der Waals surface area contributed by atoms with Crippen LogP contribution in [0.2, 0.25) is 5.02 Å². The number of benzene rings is 1. The van der Waals surface area contributed by atoms with Gasteiger partial charge >= 0.3 is 0 Å². The molecule has 142 valence electrons. The van der Waals surface area contributed by atoms with Gasteiger partial charge < -0.3 is 15.8 Å². The predicted molar refractivity (Wildman–Crippen MR) is 99.6 cm³/mol. The lowest BCUT2D eigenvalue weighted by molar-refractivity contribution is -0.124. The van der Waals surface area contributed by atoms with Crippen molar-refractivity contribution in [2.45, 2.75) is 44.4 Å². The maximum Gasteiger partial charge on any atom is 0.239 e. The highest BCUT2D eigenvalue weighted by Gasteiger charge is 2.38. The number of amides is 1. The highest BCUT2D eigenvalue weighted by molar-refractivity contribution is 6.30. The summed E-state index contributed by atoms with van der Waals surface area (Å²) >= 11 is 5.79. The first kappa shape index (κ1) is 22.1. The number of likely N-dealkylation sites (tertiary alicyclic amines) is 1. The highest BCUT2D eigenvalue weighted by atomic mass is 35.5. The highest BCUT2D eigenvalue weighted by Crippen LogP contribution is 2.35. The Balaban J connectivity index is 0.00000312. The van der Waals surface area contributed by atoms with Gasteiger partial charge in [0.1, 0.15) is 11.9 Å². The van der Waals surface area contributed by atoms with E-state index in [2.05, 4.69) is 24.1 Å². The van der Waals surface area contributed by atoms with Crippen LogP contribution in [0.3, 0.4) is 0 Å². The van der Waals surface area contributed by atoms with Gasteiger partial charge in [-0.15, -0.1) is 12.4 Å². The molecule has 0 saturated carbocycles. The Morgan fingerprint density at radius 3 is 2.76 bits per heavy atom. The summed E-state index contributed by atoms with van der Waals surface area (Å²) in [5.41, 5.74) is 6.60. The van der Waals surface area contributed by atoms with Crippen LogP contribution in [0.15, 0.2) is 18.2 Å². The number of methoxy groups -OCH3 is 1. The molecule has 0 aliphatic carbocycles. The number of nitrogens with zero attached hydrogens (tertiary/aromatic N) is 1. The van der Waals surface area contributed by atoms with Crippen LogP contribution in [0.1, 0.15) is 31.9 Å². The smallest absolute Gasteiger partial charge is 0.239 e. The van der Waals surface area contributed by atoms with Crippen LogP contribution >= 0.6 is 24.0 Å². The minimum atomic E-state index is -0.717. The van der Waals surface area contributed by atoms with Crippen LogP contribution in [0.25, 0.3) is 0 Å². The van der Waals surface area contributed by atoms with E-state index >= 15 is 0 Å². The molecule has 1 amide bonds. The zero-order chi connectivity index (χ0) is 17.9. The van der Waals surface area contributed by atoms with E-state index in [1.807, 2.05) is 6.07 Å². The maximum absolute atomic E-state index is 13.9. The molecule has 1 saturated heterocycles. The first-order valence-electron chi connectivity index (χ1n) is 8.10. The Kier molecular flexibility index (Phi) is 8.57. The van der Waals surface area contributed by atoms with Crippen LogP contribution in [0.5, 0.6) is 0 Å². The molecular weight excluding hydrogens is 368 g/mol. The first-order valence-corrected chi connectivity index (χ1v) is 8.48. The fourth-order valence-electron chi connectivity index (χ4n) is 3.21. The molecule has 0 spiro atoms. The summed E-state index contributed by atoms with van der Waals surface area (Å²) in [5.74, 6) is -0.710. The van der Waals surface area contributed by atoms with Crippen molar-refractivity contribution < 1.29 is 13.9 Å². The monoisotopic (exact) mass is 393 g/mol. The third kappa shape index (κ3) is 5.28. The quantitative estimate of drug-likeness (QED) is 0.778. The summed E-state index contributed by atoms with van der Waals surface area (Å²) in [4.78, 5) is 14.5. The Hall–Kier alpha value is -0.920. The molecule has 0 aromatic heterocycles. The average Bonchev–Trinajstić information content (AvgIpc) is 2.94.